The van der Waals surface area contributed by atoms with Gasteiger partial charge in [0.15, 0.2) is 0 Å². The van der Waals surface area contributed by atoms with Crippen LogP contribution >= 0.6 is 0 Å². The summed E-state index contributed by atoms with van der Waals surface area (Å²) in [5.74, 6) is 5.29. The number of aliphatic hydroxyl groups is 1. The zero-order valence-corrected chi connectivity index (χ0v) is 10.1. The molecular formula is C10H21N3O3. The SMILES string of the molecule is CC(C)(C)OC(=O)N1CCC(O)C(NN)C1. The number of carbonyl (C=O) groups is 1. The lowest BCUT2D eigenvalue weighted by atomic mass is 10.0. The summed E-state index contributed by atoms with van der Waals surface area (Å²) >= 11 is 0. The number of hydrazine groups is 1. The van der Waals surface area contributed by atoms with E-state index in [2.05, 4.69) is 5.43 Å². The molecule has 1 fully saturated rings. The van der Waals surface area contributed by atoms with Crippen molar-refractivity contribution in [2.24, 2.45) is 5.84 Å². The molecule has 94 valence electrons. The van der Waals surface area contributed by atoms with E-state index in [1.807, 2.05) is 20.8 Å². The van der Waals surface area contributed by atoms with Crippen molar-refractivity contribution in [3.05, 3.63) is 0 Å². The number of hydrogen-bond acceptors (Lipinski definition) is 5. The number of nitrogens with two attached hydrogens (primary N) is 1. The van der Waals surface area contributed by atoms with E-state index in [-0.39, 0.29) is 12.1 Å². The molecule has 1 rings (SSSR count). The molecule has 0 aromatic heterocycles. The van der Waals surface area contributed by atoms with Gasteiger partial charge in [-0.3, -0.25) is 11.3 Å². The molecule has 2 atom stereocenters. The maximum Gasteiger partial charge on any atom is 0.410 e. The Kier molecular flexibility index (Phi) is 4.12. The summed E-state index contributed by atoms with van der Waals surface area (Å²) in [6, 6.07) is -0.290. The first-order chi connectivity index (χ1) is 7.33. The summed E-state index contributed by atoms with van der Waals surface area (Å²) in [7, 11) is 0. The van der Waals surface area contributed by atoms with Crippen LogP contribution in [0.5, 0.6) is 0 Å². The fourth-order valence-corrected chi connectivity index (χ4v) is 1.60. The quantitative estimate of drug-likeness (QED) is 0.430. The monoisotopic (exact) mass is 231 g/mol. The van der Waals surface area contributed by atoms with Crippen LogP contribution in [0.1, 0.15) is 27.2 Å². The van der Waals surface area contributed by atoms with Crippen molar-refractivity contribution in [2.75, 3.05) is 13.1 Å². The van der Waals surface area contributed by atoms with Gasteiger partial charge in [-0.2, -0.15) is 0 Å². The first-order valence-corrected chi connectivity index (χ1v) is 5.45. The van der Waals surface area contributed by atoms with Crippen LogP contribution in [0.25, 0.3) is 0 Å². The highest BCUT2D eigenvalue weighted by Gasteiger charge is 2.31. The van der Waals surface area contributed by atoms with E-state index >= 15 is 0 Å². The Bertz CT molecular complexity index is 252. The second kappa shape index (κ2) is 4.99. The average Bonchev–Trinajstić information content (AvgIpc) is 2.15. The Morgan fingerprint density at radius 2 is 2.19 bits per heavy atom. The Morgan fingerprint density at radius 1 is 1.56 bits per heavy atom. The summed E-state index contributed by atoms with van der Waals surface area (Å²) in [6.07, 6.45) is -0.364. The highest BCUT2D eigenvalue weighted by Crippen LogP contribution is 2.15. The first-order valence-electron chi connectivity index (χ1n) is 5.45. The number of nitrogens with one attached hydrogen (secondary N) is 1. The number of ether oxygens (including phenoxy) is 1. The number of carbonyl (C=O) groups excluding carboxylic acids is 1. The van der Waals surface area contributed by atoms with Crippen LogP contribution in [0.15, 0.2) is 0 Å². The van der Waals surface area contributed by atoms with Gasteiger partial charge in [0.05, 0.1) is 12.1 Å². The molecule has 0 aliphatic carbocycles. The normalized spacial score (nSPS) is 26.7. The molecule has 1 saturated heterocycles. The van der Waals surface area contributed by atoms with Gasteiger partial charge in [0, 0.05) is 13.1 Å². The predicted molar refractivity (Wildman–Crippen MR) is 59.5 cm³/mol. The third-order valence-corrected chi connectivity index (χ3v) is 2.44. The van der Waals surface area contributed by atoms with E-state index in [1.54, 1.807) is 4.90 Å². The third kappa shape index (κ3) is 3.62. The molecular weight excluding hydrogens is 210 g/mol. The third-order valence-electron chi connectivity index (χ3n) is 2.44. The molecule has 1 amide bonds. The summed E-state index contributed by atoms with van der Waals surface area (Å²) < 4.78 is 5.24. The van der Waals surface area contributed by atoms with Gasteiger partial charge in [-0.1, -0.05) is 0 Å². The van der Waals surface area contributed by atoms with Crippen molar-refractivity contribution in [1.82, 2.24) is 10.3 Å². The van der Waals surface area contributed by atoms with Crippen LogP contribution in [0.3, 0.4) is 0 Å². The summed E-state index contributed by atoms with van der Waals surface area (Å²) in [5, 5.41) is 9.58. The largest absolute Gasteiger partial charge is 0.444 e. The van der Waals surface area contributed by atoms with Gasteiger partial charge in [0.2, 0.25) is 0 Å². The van der Waals surface area contributed by atoms with Crippen LogP contribution in [-0.4, -0.2) is 46.9 Å². The molecule has 2 unspecified atom stereocenters. The molecule has 6 heteroatoms. The van der Waals surface area contributed by atoms with Crippen molar-refractivity contribution in [2.45, 2.75) is 44.9 Å². The second-order valence-electron chi connectivity index (χ2n) is 5.06. The molecule has 0 saturated carbocycles. The van der Waals surface area contributed by atoms with Gasteiger partial charge in [-0.25, -0.2) is 4.79 Å². The standard InChI is InChI=1S/C10H21N3O3/c1-10(2,3)16-9(15)13-5-4-8(14)7(6-13)12-11/h7-8,12,14H,4-6,11H2,1-3H3. The summed E-state index contributed by atoms with van der Waals surface area (Å²) in [5.41, 5.74) is 2.00. The molecule has 6 nitrogen and oxygen atoms in total. The lowest BCUT2D eigenvalue weighted by Gasteiger charge is -2.36. The number of amides is 1. The van der Waals surface area contributed by atoms with Crippen molar-refractivity contribution >= 4 is 6.09 Å². The first kappa shape index (κ1) is 13.2. The van der Waals surface area contributed by atoms with Gasteiger partial charge in [-0.05, 0) is 27.2 Å². The number of piperidine rings is 1. The fourth-order valence-electron chi connectivity index (χ4n) is 1.60. The molecule has 0 aromatic carbocycles. The van der Waals surface area contributed by atoms with Gasteiger partial charge >= 0.3 is 6.09 Å². The topological polar surface area (TPSA) is 87.8 Å². The minimum absolute atomic E-state index is 0.290. The van der Waals surface area contributed by atoms with Crippen molar-refractivity contribution in [3.63, 3.8) is 0 Å². The van der Waals surface area contributed by atoms with Crippen LogP contribution < -0.4 is 11.3 Å². The minimum atomic E-state index is -0.510. The lowest BCUT2D eigenvalue weighted by Crippen LogP contribution is -2.57. The van der Waals surface area contributed by atoms with Gasteiger partial charge < -0.3 is 14.7 Å². The van der Waals surface area contributed by atoms with Crippen LogP contribution in [0.2, 0.25) is 0 Å². The van der Waals surface area contributed by atoms with Crippen molar-refractivity contribution < 1.29 is 14.6 Å². The van der Waals surface area contributed by atoms with Crippen molar-refractivity contribution in [1.29, 1.82) is 0 Å². The number of rotatable bonds is 1. The summed E-state index contributed by atoms with van der Waals surface area (Å²) in [4.78, 5) is 13.3. The smallest absolute Gasteiger partial charge is 0.410 e. The van der Waals surface area contributed by atoms with E-state index in [1.165, 1.54) is 0 Å². The molecule has 1 aliphatic rings. The zero-order chi connectivity index (χ0) is 12.3. The van der Waals surface area contributed by atoms with Crippen LogP contribution in [0.4, 0.5) is 4.79 Å². The molecule has 1 heterocycles. The highest BCUT2D eigenvalue weighted by atomic mass is 16.6. The maximum atomic E-state index is 11.7. The molecule has 0 bridgehead atoms. The lowest BCUT2D eigenvalue weighted by molar-refractivity contribution is 0.000452. The van der Waals surface area contributed by atoms with E-state index in [4.69, 9.17) is 10.6 Å². The van der Waals surface area contributed by atoms with E-state index in [0.29, 0.717) is 19.5 Å². The van der Waals surface area contributed by atoms with Gasteiger partial charge in [-0.15, -0.1) is 0 Å². The average molecular weight is 231 g/mol. The van der Waals surface area contributed by atoms with Crippen LogP contribution in [-0.2, 0) is 4.74 Å². The Morgan fingerprint density at radius 3 is 2.69 bits per heavy atom. The van der Waals surface area contributed by atoms with Crippen molar-refractivity contribution in [3.8, 4) is 0 Å². The molecule has 0 aromatic rings. The number of nitrogens with zero attached hydrogens (tertiary/aromatic N) is 1. The molecule has 0 radical (unpaired) electrons. The maximum absolute atomic E-state index is 11.7. The van der Waals surface area contributed by atoms with Gasteiger partial charge in [0.1, 0.15) is 5.60 Å². The Labute approximate surface area is 95.7 Å². The fraction of sp³-hybridized carbons (Fsp3) is 0.900. The van der Waals surface area contributed by atoms with Crippen LogP contribution in [0, 0.1) is 0 Å². The van der Waals surface area contributed by atoms with E-state index in [0.717, 1.165) is 0 Å². The Hall–Kier alpha value is -0.850. The number of hydrogen-bond donors (Lipinski definition) is 3. The highest BCUT2D eigenvalue weighted by molar-refractivity contribution is 5.68. The summed E-state index contributed by atoms with van der Waals surface area (Å²) in [6.45, 7) is 6.33. The van der Waals surface area contributed by atoms with E-state index in [9.17, 15) is 9.90 Å². The molecule has 0 spiro atoms. The number of aliphatic hydroxyl groups excluding tert-OH is 1. The molecule has 1 aliphatic heterocycles. The zero-order valence-electron chi connectivity index (χ0n) is 10.1. The second-order valence-corrected chi connectivity index (χ2v) is 5.06. The predicted octanol–water partition coefficient (Wildman–Crippen LogP) is -0.180. The molecule has 4 N–H and O–H groups in total. The Balaban J connectivity index is 2.52. The molecule has 16 heavy (non-hydrogen) atoms. The van der Waals surface area contributed by atoms with Gasteiger partial charge in [0.25, 0.3) is 0 Å². The number of likely N-dealkylation sites (tertiary alicyclic amines) is 1. The van der Waals surface area contributed by atoms with E-state index < -0.39 is 11.7 Å². The minimum Gasteiger partial charge on any atom is -0.444 e.